The topological polar surface area (TPSA) is 95.1 Å². The number of H-pyrrole nitrogens is 1. The lowest BCUT2D eigenvalue weighted by Gasteiger charge is -2.20. The Labute approximate surface area is 135 Å². The molecular formula is C14H20N6O2S. The van der Waals surface area contributed by atoms with Crippen molar-refractivity contribution in [3.8, 4) is 11.3 Å². The minimum absolute atomic E-state index is 0.263. The van der Waals surface area contributed by atoms with Gasteiger partial charge in [-0.05, 0) is 18.8 Å². The molecule has 1 aliphatic heterocycles. The van der Waals surface area contributed by atoms with Crippen molar-refractivity contribution >= 4 is 10.2 Å². The molecule has 0 aromatic carbocycles. The largest absolute Gasteiger partial charge is 0.285 e. The number of rotatable bonds is 5. The van der Waals surface area contributed by atoms with E-state index in [2.05, 4.69) is 20.2 Å². The van der Waals surface area contributed by atoms with Crippen LogP contribution in [0.5, 0.6) is 0 Å². The van der Waals surface area contributed by atoms with Crippen LogP contribution < -0.4 is 0 Å². The second kappa shape index (κ2) is 6.34. The van der Waals surface area contributed by atoms with Gasteiger partial charge in [-0.1, -0.05) is 0 Å². The average Bonchev–Trinajstić information content (AvgIpc) is 3.19. The summed E-state index contributed by atoms with van der Waals surface area (Å²) in [7, 11) is -0.211. The number of aromatic nitrogens is 4. The van der Waals surface area contributed by atoms with Gasteiger partial charge in [-0.25, -0.2) is 4.98 Å². The van der Waals surface area contributed by atoms with Crippen LogP contribution in [-0.4, -0.2) is 64.4 Å². The Hall–Kier alpha value is -1.84. The predicted molar refractivity (Wildman–Crippen MR) is 85.6 cm³/mol. The van der Waals surface area contributed by atoms with Crippen molar-refractivity contribution in [1.29, 1.82) is 0 Å². The molecule has 0 aliphatic carbocycles. The van der Waals surface area contributed by atoms with Crippen LogP contribution in [0, 0.1) is 5.92 Å². The highest BCUT2D eigenvalue weighted by molar-refractivity contribution is 7.86. The molecule has 8 nitrogen and oxygen atoms in total. The first-order valence-electron chi connectivity index (χ1n) is 7.44. The number of hydrogen-bond acceptors (Lipinski definition) is 5. The zero-order valence-corrected chi connectivity index (χ0v) is 14.0. The second-order valence-electron chi connectivity index (χ2n) is 5.89. The number of hydrogen-bond donors (Lipinski definition) is 1. The highest BCUT2D eigenvalue weighted by Gasteiger charge is 2.32. The first-order valence-corrected chi connectivity index (χ1v) is 8.84. The summed E-state index contributed by atoms with van der Waals surface area (Å²) >= 11 is 0. The minimum atomic E-state index is -3.33. The van der Waals surface area contributed by atoms with Crippen molar-refractivity contribution in [2.75, 3.05) is 27.2 Å². The zero-order chi connectivity index (χ0) is 16.4. The van der Waals surface area contributed by atoms with E-state index in [1.807, 2.05) is 0 Å². The van der Waals surface area contributed by atoms with Crippen molar-refractivity contribution in [3.63, 3.8) is 0 Å². The van der Waals surface area contributed by atoms with Crippen molar-refractivity contribution in [1.82, 2.24) is 28.8 Å². The summed E-state index contributed by atoms with van der Waals surface area (Å²) in [6, 6.07) is 0. The van der Waals surface area contributed by atoms with Crippen molar-refractivity contribution in [2.24, 2.45) is 5.92 Å². The van der Waals surface area contributed by atoms with E-state index in [1.165, 1.54) is 8.61 Å². The van der Waals surface area contributed by atoms with Crippen LogP contribution in [0.25, 0.3) is 11.3 Å². The van der Waals surface area contributed by atoms with E-state index in [0.717, 1.165) is 29.8 Å². The molecule has 2 aromatic heterocycles. The molecule has 3 rings (SSSR count). The molecule has 3 heterocycles. The average molecular weight is 336 g/mol. The van der Waals surface area contributed by atoms with Crippen molar-refractivity contribution < 1.29 is 8.42 Å². The Morgan fingerprint density at radius 2 is 2.17 bits per heavy atom. The summed E-state index contributed by atoms with van der Waals surface area (Å²) < 4.78 is 27.1. The standard InChI is InChI=1S/C14H20N6O2S/c1-19(2)23(21,22)20-4-3-11(10-20)5-13-8-15-9-14(18-13)12-6-16-17-7-12/h6-9,11H,3-5,10H2,1-2H3,(H,16,17)/t11-/m0/s1. The van der Waals surface area contributed by atoms with E-state index in [9.17, 15) is 8.42 Å². The zero-order valence-electron chi connectivity index (χ0n) is 13.2. The van der Waals surface area contributed by atoms with Gasteiger partial charge in [0.25, 0.3) is 10.2 Å². The molecule has 1 fully saturated rings. The van der Waals surface area contributed by atoms with Crippen LogP contribution in [0.15, 0.2) is 24.8 Å². The van der Waals surface area contributed by atoms with E-state index in [-0.39, 0.29) is 5.92 Å². The summed E-state index contributed by atoms with van der Waals surface area (Å²) in [6.07, 6.45) is 8.48. The summed E-state index contributed by atoms with van der Waals surface area (Å²) in [5.41, 5.74) is 2.53. The van der Waals surface area contributed by atoms with Gasteiger partial charge in [0.2, 0.25) is 0 Å². The SMILES string of the molecule is CN(C)S(=O)(=O)N1CC[C@@H](Cc2cncc(-c3cn[nH]c3)n2)C1. The fourth-order valence-electron chi connectivity index (χ4n) is 2.73. The van der Waals surface area contributed by atoms with E-state index in [1.54, 1.807) is 38.9 Å². The summed E-state index contributed by atoms with van der Waals surface area (Å²) in [6.45, 7) is 1.08. The van der Waals surface area contributed by atoms with Crippen LogP contribution in [0.4, 0.5) is 0 Å². The molecule has 0 unspecified atom stereocenters. The molecule has 1 aliphatic rings. The summed E-state index contributed by atoms with van der Waals surface area (Å²) in [5.74, 6) is 0.263. The first-order chi connectivity index (χ1) is 11.0. The number of nitrogens with zero attached hydrogens (tertiary/aromatic N) is 5. The molecule has 1 N–H and O–H groups in total. The van der Waals surface area contributed by atoms with E-state index < -0.39 is 10.2 Å². The third kappa shape index (κ3) is 3.41. The fraction of sp³-hybridized carbons (Fsp3) is 0.500. The maximum Gasteiger partial charge on any atom is 0.281 e. The predicted octanol–water partition coefficient (Wildman–Crippen LogP) is 0.538. The Morgan fingerprint density at radius 1 is 1.35 bits per heavy atom. The molecule has 124 valence electrons. The Balaban J connectivity index is 1.68. The quantitative estimate of drug-likeness (QED) is 0.860. The molecular weight excluding hydrogens is 316 g/mol. The lowest BCUT2D eigenvalue weighted by Crippen LogP contribution is -2.38. The molecule has 23 heavy (non-hydrogen) atoms. The molecule has 9 heteroatoms. The molecule has 2 aromatic rings. The monoisotopic (exact) mass is 336 g/mol. The molecule has 0 spiro atoms. The number of aromatic amines is 1. The highest BCUT2D eigenvalue weighted by atomic mass is 32.2. The normalized spacial score (nSPS) is 19.5. The minimum Gasteiger partial charge on any atom is -0.285 e. The van der Waals surface area contributed by atoms with Gasteiger partial charge >= 0.3 is 0 Å². The maximum absolute atomic E-state index is 12.2. The van der Waals surface area contributed by atoms with Gasteiger partial charge in [-0.15, -0.1) is 0 Å². The van der Waals surface area contributed by atoms with Gasteiger partial charge in [0.05, 0.1) is 23.8 Å². The van der Waals surface area contributed by atoms with Gasteiger partial charge in [-0.3, -0.25) is 10.1 Å². The van der Waals surface area contributed by atoms with Gasteiger partial charge in [0.15, 0.2) is 0 Å². The molecule has 1 atom stereocenters. The van der Waals surface area contributed by atoms with Crippen LogP contribution >= 0.6 is 0 Å². The summed E-state index contributed by atoms with van der Waals surface area (Å²) in [4.78, 5) is 8.83. The Morgan fingerprint density at radius 3 is 2.87 bits per heavy atom. The molecule has 0 saturated carbocycles. The van der Waals surface area contributed by atoms with Gasteiger partial charge < -0.3 is 0 Å². The fourth-order valence-corrected chi connectivity index (χ4v) is 3.93. The van der Waals surface area contributed by atoms with E-state index in [0.29, 0.717) is 13.1 Å². The lowest BCUT2D eigenvalue weighted by atomic mass is 10.0. The van der Waals surface area contributed by atoms with Gasteiger partial charge in [-0.2, -0.15) is 22.1 Å². The van der Waals surface area contributed by atoms with E-state index in [4.69, 9.17) is 0 Å². The molecule has 0 bridgehead atoms. The number of nitrogens with one attached hydrogen (secondary N) is 1. The third-order valence-corrected chi connectivity index (χ3v) is 5.92. The van der Waals surface area contributed by atoms with Crippen LogP contribution in [0.1, 0.15) is 12.1 Å². The summed E-state index contributed by atoms with van der Waals surface area (Å²) in [5, 5.41) is 6.67. The van der Waals surface area contributed by atoms with Crippen molar-refractivity contribution in [2.45, 2.75) is 12.8 Å². The van der Waals surface area contributed by atoms with Gasteiger partial charge in [0.1, 0.15) is 0 Å². The first kappa shape index (κ1) is 16.0. The molecule has 0 amide bonds. The van der Waals surface area contributed by atoms with Crippen LogP contribution in [-0.2, 0) is 16.6 Å². The molecule has 1 saturated heterocycles. The smallest absolute Gasteiger partial charge is 0.281 e. The van der Waals surface area contributed by atoms with E-state index >= 15 is 0 Å². The second-order valence-corrected chi connectivity index (χ2v) is 8.03. The lowest BCUT2D eigenvalue weighted by molar-refractivity contribution is 0.409. The Kier molecular flexibility index (Phi) is 4.42. The molecule has 0 radical (unpaired) electrons. The van der Waals surface area contributed by atoms with Crippen LogP contribution in [0.3, 0.4) is 0 Å². The van der Waals surface area contributed by atoms with Crippen LogP contribution in [0.2, 0.25) is 0 Å². The maximum atomic E-state index is 12.2. The van der Waals surface area contributed by atoms with Crippen molar-refractivity contribution in [3.05, 3.63) is 30.5 Å². The highest BCUT2D eigenvalue weighted by Crippen LogP contribution is 2.24. The third-order valence-electron chi connectivity index (χ3n) is 4.01. The Bertz CT molecular complexity index is 759. The van der Waals surface area contributed by atoms with Gasteiger partial charge in [0, 0.05) is 45.1 Å².